The van der Waals surface area contributed by atoms with Crippen LogP contribution in [0.4, 0.5) is 0 Å². The minimum absolute atomic E-state index is 0.125. The Hall–Kier alpha value is -1.55. The van der Waals surface area contributed by atoms with Gasteiger partial charge in [0.15, 0.2) is 0 Å². The molecule has 0 unspecified atom stereocenters. The zero-order valence-electron chi connectivity index (χ0n) is 8.07. The number of rotatable bonds is 4. The molecule has 1 amide bonds. The van der Waals surface area contributed by atoms with Crippen LogP contribution in [0.1, 0.15) is 18.0 Å². The van der Waals surface area contributed by atoms with Crippen LogP contribution in [0.5, 0.6) is 5.75 Å². The molecule has 4 nitrogen and oxygen atoms in total. The molecule has 4 N–H and O–H groups in total. The number of amides is 1. The molecule has 0 saturated carbocycles. The summed E-state index contributed by atoms with van der Waals surface area (Å²) >= 11 is 0. The largest absolute Gasteiger partial charge is 0.496 e. The van der Waals surface area contributed by atoms with Crippen molar-refractivity contribution in [2.45, 2.75) is 12.5 Å². The molecule has 1 aromatic carbocycles. The van der Waals surface area contributed by atoms with E-state index in [0.717, 1.165) is 5.56 Å². The van der Waals surface area contributed by atoms with Crippen LogP contribution in [0.15, 0.2) is 24.3 Å². The molecule has 1 rings (SSSR count). The van der Waals surface area contributed by atoms with Crippen LogP contribution in [0.25, 0.3) is 0 Å². The Labute approximate surface area is 82.8 Å². The molecule has 0 spiro atoms. The predicted molar refractivity (Wildman–Crippen MR) is 53.7 cm³/mol. The SMILES string of the molecule is COc1ccccc1[C@@H](N)CC(N)=O. The molecule has 0 aliphatic rings. The quantitative estimate of drug-likeness (QED) is 0.735. The van der Waals surface area contributed by atoms with Crippen molar-refractivity contribution < 1.29 is 9.53 Å². The number of benzene rings is 1. The minimum atomic E-state index is -0.414. The van der Waals surface area contributed by atoms with Crippen molar-refractivity contribution in [1.82, 2.24) is 0 Å². The lowest BCUT2D eigenvalue weighted by molar-refractivity contribution is -0.118. The second-order valence-corrected chi connectivity index (χ2v) is 3.02. The summed E-state index contributed by atoms with van der Waals surface area (Å²) in [7, 11) is 1.57. The fourth-order valence-electron chi connectivity index (χ4n) is 1.30. The monoisotopic (exact) mass is 194 g/mol. The van der Waals surface area contributed by atoms with Gasteiger partial charge in [-0.15, -0.1) is 0 Å². The van der Waals surface area contributed by atoms with Gasteiger partial charge in [0.25, 0.3) is 0 Å². The second-order valence-electron chi connectivity index (χ2n) is 3.02. The van der Waals surface area contributed by atoms with E-state index in [1.54, 1.807) is 13.2 Å². The highest BCUT2D eigenvalue weighted by Gasteiger charge is 2.13. The molecule has 0 radical (unpaired) electrons. The molecule has 0 bridgehead atoms. The number of hydrogen-bond acceptors (Lipinski definition) is 3. The first-order chi connectivity index (χ1) is 6.65. The van der Waals surface area contributed by atoms with Crippen LogP contribution >= 0.6 is 0 Å². The molecule has 0 aromatic heterocycles. The number of primary amides is 1. The van der Waals surface area contributed by atoms with E-state index in [1.807, 2.05) is 18.2 Å². The number of hydrogen-bond donors (Lipinski definition) is 2. The molecular weight excluding hydrogens is 180 g/mol. The number of nitrogens with two attached hydrogens (primary N) is 2. The maximum atomic E-state index is 10.7. The van der Waals surface area contributed by atoms with Gasteiger partial charge in [-0.2, -0.15) is 0 Å². The van der Waals surface area contributed by atoms with Crippen LogP contribution in [-0.2, 0) is 4.79 Å². The Morgan fingerprint density at radius 3 is 2.71 bits per heavy atom. The third-order valence-electron chi connectivity index (χ3n) is 1.96. The average Bonchev–Trinajstić information content (AvgIpc) is 2.16. The Morgan fingerprint density at radius 1 is 1.50 bits per heavy atom. The summed E-state index contributed by atoms with van der Waals surface area (Å²) in [5, 5.41) is 0. The number of carbonyl (C=O) groups excluding carboxylic acids is 1. The van der Waals surface area contributed by atoms with E-state index >= 15 is 0 Å². The Kier molecular flexibility index (Phi) is 3.48. The van der Waals surface area contributed by atoms with Gasteiger partial charge in [-0.3, -0.25) is 4.79 Å². The highest BCUT2D eigenvalue weighted by atomic mass is 16.5. The molecule has 76 valence electrons. The van der Waals surface area contributed by atoms with Crippen molar-refractivity contribution in [3.63, 3.8) is 0 Å². The highest BCUT2D eigenvalue weighted by Crippen LogP contribution is 2.24. The zero-order valence-corrected chi connectivity index (χ0v) is 8.07. The van der Waals surface area contributed by atoms with Gasteiger partial charge in [0.05, 0.1) is 7.11 Å². The zero-order chi connectivity index (χ0) is 10.6. The highest BCUT2D eigenvalue weighted by molar-refractivity contribution is 5.74. The lowest BCUT2D eigenvalue weighted by Crippen LogP contribution is -2.21. The number of ether oxygens (including phenoxy) is 1. The van der Waals surface area contributed by atoms with Gasteiger partial charge in [-0.05, 0) is 6.07 Å². The van der Waals surface area contributed by atoms with Crippen LogP contribution in [-0.4, -0.2) is 13.0 Å². The van der Waals surface area contributed by atoms with Crippen molar-refractivity contribution in [3.05, 3.63) is 29.8 Å². The molecule has 0 aliphatic heterocycles. The van der Waals surface area contributed by atoms with Gasteiger partial charge < -0.3 is 16.2 Å². The van der Waals surface area contributed by atoms with E-state index in [-0.39, 0.29) is 6.42 Å². The number of methoxy groups -OCH3 is 1. The third-order valence-corrected chi connectivity index (χ3v) is 1.96. The molecule has 1 atom stereocenters. The van der Waals surface area contributed by atoms with E-state index in [1.165, 1.54) is 0 Å². The summed E-state index contributed by atoms with van der Waals surface area (Å²) in [6, 6.07) is 6.92. The normalized spacial score (nSPS) is 12.1. The lowest BCUT2D eigenvalue weighted by Gasteiger charge is -2.13. The van der Waals surface area contributed by atoms with Crippen molar-refractivity contribution in [2.75, 3.05) is 7.11 Å². The molecule has 0 fully saturated rings. The predicted octanol–water partition coefficient (Wildman–Crippen LogP) is 0.570. The van der Waals surface area contributed by atoms with E-state index in [9.17, 15) is 4.79 Å². The fourth-order valence-corrected chi connectivity index (χ4v) is 1.30. The molecule has 4 heteroatoms. The first kappa shape index (κ1) is 10.5. The fraction of sp³-hybridized carbons (Fsp3) is 0.300. The average molecular weight is 194 g/mol. The summed E-state index contributed by atoms with van der Waals surface area (Å²) in [6.07, 6.45) is 0.125. The first-order valence-corrected chi connectivity index (χ1v) is 4.32. The van der Waals surface area contributed by atoms with Crippen molar-refractivity contribution in [1.29, 1.82) is 0 Å². The molecule has 0 saturated heterocycles. The van der Waals surface area contributed by atoms with Gasteiger partial charge in [0, 0.05) is 18.0 Å². The van der Waals surface area contributed by atoms with E-state index in [0.29, 0.717) is 5.75 Å². The number of carbonyl (C=O) groups is 1. The summed E-state index contributed by atoms with van der Waals surface area (Å²) in [4.78, 5) is 10.7. The minimum Gasteiger partial charge on any atom is -0.496 e. The first-order valence-electron chi connectivity index (χ1n) is 4.32. The molecule has 1 aromatic rings. The molecular formula is C10H14N2O2. The van der Waals surface area contributed by atoms with Crippen LogP contribution in [0.2, 0.25) is 0 Å². The van der Waals surface area contributed by atoms with Crippen LogP contribution in [0, 0.1) is 0 Å². The molecule has 14 heavy (non-hydrogen) atoms. The summed E-state index contributed by atoms with van der Waals surface area (Å²) < 4.78 is 5.12. The second kappa shape index (κ2) is 4.62. The maximum Gasteiger partial charge on any atom is 0.219 e. The summed E-state index contributed by atoms with van der Waals surface area (Å²) in [6.45, 7) is 0. The van der Waals surface area contributed by atoms with Crippen LogP contribution in [0.3, 0.4) is 0 Å². The van der Waals surface area contributed by atoms with Gasteiger partial charge in [-0.25, -0.2) is 0 Å². The van der Waals surface area contributed by atoms with Gasteiger partial charge in [0.2, 0.25) is 5.91 Å². The lowest BCUT2D eigenvalue weighted by atomic mass is 10.0. The van der Waals surface area contributed by atoms with E-state index in [4.69, 9.17) is 16.2 Å². The Morgan fingerprint density at radius 2 is 2.14 bits per heavy atom. The van der Waals surface area contributed by atoms with E-state index < -0.39 is 11.9 Å². The Bertz CT molecular complexity index is 326. The maximum absolute atomic E-state index is 10.7. The summed E-state index contributed by atoms with van der Waals surface area (Å²) in [5.74, 6) is 0.268. The third kappa shape index (κ3) is 2.47. The van der Waals surface area contributed by atoms with Crippen molar-refractivity contribution >= 4 is 5.91 Å². The van der Waals surface area contributed by atoms with Gasteiger partial charge in [0.1, 0.15) is 5.75 Å². The van der Waals surface area contributed by atoms with Crippen LogP contribution < -0.4 is 16.2 Å². The van der Waals surface area contributed by atoms with E-state index in [2.05, 4.69) is 0 Å². The van der Waals surface area contributed by atoms with Gasteiger partial charge in [-0.1, -0.05) is 18.2 Å². The topological polar surface area (TPSA) is 78.3 Å². The molecule has 0 heterocycles. The van der Waals surface area contributed by atoms with Gasteiger partial charge >= 0.3 is 0 Å². The Balaban J connectivity index is 2.87. The molecule has 0 aliphatic carbocycles. The summed E-state index contributed by atoms with van der Waals surface area (Å²) in [5.41, 5.74) is 11.7. The number of para-hydroxylation sites is 1. The standard InChI is InChI=1S/C10H14N2O2/c1-14-9-5-3-2-4-7(9)8(11)6-10(12)13/h2-5,8H,6,11H2,1H3,(H2,12,13)/t8-/m0/s1. The smallest absolute Gasteiger partial charge is 0.219 e. The van der Waals surface area contributed by atoms with Crippen molar-refractivity contribution in [2.24, 2.45) is 11.5 Å². The van der Waals surface area contributed by atoms with Crippen molar-refractivity contribution in [3.8, 4) is 5.75 Å².